The van der Waals surface area contributed by atoms with Crippen molar-refractivity contribution in [1.29, 1.82) is 0 Å². The zero-order chi connectivity index (χ0) is 13.0. The van der Waals surface area contributed by atoms with E-state index < -0.39 is 18.2 Å². The average molecular weight is 368 g/mol. The van der Waals surface area contributed by atoms with E-state index in [1.807, 2.05) is 0 Å². The summed E-state index contributed by atoms with van der Waals surface area (Å²) in [6.45, 7) is 0. The van der Waals surface area contributed by atoms with Crippen LogP contribution in [0.2, 0.25) is 0 Å². The Labute approximate surface area is 116 Å². The van der Waals surface area contributed by atoms with E-state index in [1.54, 1.807) is 6.07 Å². The monoisotopic (exact) mass is 366 g/mol. The van der Waals surface area contributed by atoms with Crippen molar-refractivity contribution < 1.29 is 20.1 Å². The molecule has 0 heterocycles. The van der Waals surface area contributed by atoms with Crippen LogP contribution in [0.5, 0.6) is 0 Å². The lowest BCUT2D eigenvalue weighted by atomic mass is 10.0. The van der Waals surface area contributed by atoms with E-state index in [9.17, 15) is 15.0 Å². The summed E-state index contributed by atoms with van der Waals surface area (Å²) in [4.78, 5) is 10.9. The number of halogens is 2. The molecule has 0 aliphatic rings. The maximum atomic E-state index is 10.9. The lowest BCUT2D eigenvalue weighted by Gasteiger charge is -2.17. The number of carboxylic acids is 1. The Hall–Kier alpha value is -0.430. The van der Waals surface area contributed by atoms with Gasteiger partial charge in [0.25, 0.3) is 0 Å². The van der Waals surface area contributed by atoms with Crippen molar-refractivity contribution in [1.82, 2.24) is 0 Å². The lowest BCUT2D eigenvalue weighted by Crippen LogP contribution is -2.19. The van der Waals surface area contributed by atoms with Gasteiger partial charge in [0.05, 0.1) is 11.7 Å². The quantitative estimate of drug-likeness (QED) is 0.698. The number of aromatic carboxylic acids is 1. The van der Waals surface area contributed by atoms with Gasteiger partial charge in [-0.2, -0.15) is 0 Å². The van der Waals surface area contributed by atoms with Gasteiger partial charge in [-0.3, -0.25) is 0 Å². The number of alkyl halides is 1. The Morgan fingerprint density at radius 2 is 1.94 bits per heavy atom. The molecule has 2 atom stereocenters. The highest BCUT2D eigenvalue weighted by molar-refractivity contribution is 9.10. The molecule has 0 amide bonds. The van der Waals surface area contributed by atoms with E-state index in [0.29, 0.717) is 21.8 Å². The second kappa shape index (κ2) is 6.49. The van der Waals surface area contributed by atoms with Crippen LogP contribution in [0.15, 0.2) is 22.7 Å². The fraction of sp³-hybridized carbons (Fsp3) is 0.364. The molecule has 94 valence electrons. The topological polar surface area (TPSA) is 77.8 Å². The summed E-state index contributed by atoms with van der Waals surface area (Å²) in [6, 6.07) is 4.39. The minimum absolute atomic E-state index is 0.0690. The summed E-state index contributed by atoms with van der Waals surface area (Å²) in [5.41, 5.74) is 0.449. The van der Waals surface area contributed by atoms with E-state index in [1.165, 1.54) is 12.1 Å². The van der Waals surface area contributed by atoms with Crippen molar-refractivity contribution in [3.8, 4) is 0 Å². The third-order valence-corrected chi connectivity index (χ3v) is 3.19. The molecule has 0 saturated carbocycles. The van der Waals surface area contributed by atoms with Gasteiger partial charge in [0.2, 0.25) is 0 Å². The summed E-state index contributed by atoms with van der Waals surface area (Å²) in [5.74, 6) is -1.07. The average Bonchev–Trinajstić information content (AvgIpc) is 2.27. The standard InChI is InChI=1S/C11H12Br2O4/c12-2-1-9(14)10(15)6-3-7(11(16)17)5-8(13)4-6/h3-5,9-10,14-15H,1-2H2,(H,16,17). The van der Waals surface area contributed by atoms with Crippen LogP contribution < -0.4 is 0 Å². The number of aliphatic hydroxyl groups excluding tert-OH is 2. The van der Waals surface area contributed by atoms with E-state index in [-0.39, 0.29) is 5.56 Å². The third-order valence-electron chi connectivity index (χ3n) is 2.28. The Morgan fingerprint density at radius 1 is 1.29 bits per heavy atom. The summed E-state index contributed by atoms with van der Waals surface area (Å²) in [7, 11) is 0. The molecule has 17 heavy (non-hydrogen) atoms. The number of carbonyl (C=O) groups is 1. The first-order valence-electron chi connectivity index (χ1n) is 4.91. The second-order valence-corrected chi connectivity index (χ2v) is 5.28. The van der Waals surface area contributed by atoms with Crippen LogP contribution in [-0.4, -0.2) is 32.7 Å². The van der Waals surface area contributed by atoms with Crippen molar-refractivity contribution in [2.45, 2.75) is 18.6 Å². The molecular formula is C11H12Br2O4. The maximum Gasteiger partial charge on any atom is 0.335 e. The number of carboxylic acid groups (broad SMARTS) is 1. The third kappa shape index (κ3) is 4.06. The van der Waals surface area contributed by atoms with Crippen molar-refractivity contribution >= 4 is 37.8 Å². The molecule has 6 heteroatoms. The largest absolute Gasteiger partial charge is 0.478 e. The van der Waals surface area contributed by atoms with Gasteiger partial charge in [0.15, 0.2) is 0 Å². The zero-order valence-corrected chi connectivity index (χ0v) is 12.0. The van der Waals surface area contributed by atoms with Gasteiger partial charge in [-0.1, -0.05) is 31.9 Å². The van der Waals surface area contributed by atoms with Gasteiger partial charge in [0.1, 0.15) is 6.10 Å². The molecule has 1 aromatic rings. The van der Waals surface area contributed by atoms with E-state index in [4.69, 9.17) is 5.11 Å². The summed E-state index contributed by atoms with van der Waals surface area (Å²) in [5, 5.41) is 29.0. The normalized spacial score (nSPS) is 14.4. The Bertz CT molecular complexity index is 408. The predicted molar refractivity (Wildman–Crippen MR) is 70.5 cm³/mol. The van der Waals surface area contributed by atoms with Gasteiger partial charge < -0.3 is 15.3 Å². The highest BCUT2D eigenvalue weighted by atomic mass is 79.9. The molecule has 4 nitrogen and oxygen atoms in total. The molecule has 0 aromatic heterocycles. The molecule has 0 aliphatic heterocycles. The van der Waals surface area contributed by atoms with Crippen molar-refractivity contribution in [2.75, 3.05) is 5.33 Å². The van der Waals surface area contributed by atoms with Crippen LogP contribution in [0.3, 0.4) is 0 Å². The Balaban J connectivity index is 3.01. The van der Waals surface area contributed by atoms with Gasteiger partial charge in [-0.25, -0.2) is 4.79 Å². The van der Waals surface area contributed by atoms with Crippen molar-refractivity contribution in [2.24, 2.45) is 0 Å². The summed E-state index contributed by atoms with van der Waals surface area (Å²) < 4.78 is 0.553. The first-order valence-corrected chi connectivity index (χ1v) is 6.83. The van der Waals surface area contributed by atoms with E-state index >= 15 is 0 Å². The SMILES string of the molecule is O=C(O)c1cc(Br)cc(C(O)C(O)CCBr)c1. The number of hydrogen-bond acceptors (Lipinski definition) is 3. The molecule has 3 N–H and O–H groups in total. The van der Waals surface area contributed by atoms with Gasteiger partial charge >= 0.3 is 5.97 Å². The van der Waals surface area contributed by atoms with Gasteiger partial charge in [-0.05, 0) is 30.2 Å². The molecule has 0 bridgehead atoms. The van der Waals surface area contributed by atoms with Crippen LogP contribution in [0, 0.1) is 0 Å². The molecule has 2 unspecified atom stereocenters. The molecule has 0 saturated heterocycles. The molecule has 1 aromatic carbocycles. The minimum Gasteiger partial charge on any atom is -0.478 e. The molecular weight excluding hydrogens is 356 g/mol. The Morgan fingerprint density at radius 3 is 2.47 bits per heavy atom. The highest BCUT2D eigenvalue weighted by Crippen LogP contribution is 2.24. The first kappa shape index (κ1) is 14.6. The van der Waals surface area contributed by atoms with Gasteiger partial charge in [0, 0.05) is 9.80 Å². The fourth-order valence-corrected chi connectivity index (χ4v) is 2.38. The number of aliphatic hydroxyl groups is 2. The van der Waals surface area contributed by atoms with Crippen molar-refractivity contribution in [3.63, 3.8) is 0 Å². The second-order valence-electron chi connectivity index (χ2n) is 3.57. The zero-order valence-electron chi connectivity index (χ0n) is 8.81. The minimum atomic E-state index is -1.09. The van der Waals surface area contributed by atoms with Crippen LogP contribution in [-0.2, 0) is 0 Å². The number of rotatable bonds is 5. The molecule has 0 aliphatic carbocycles. The fourth-order valence-electron chi connectivity index (χ4n) is 1.40. The lowest BCUT2D eigenvalue weighted by molar-refractivity contribution is 0.0172. The molecule has 1 rings (SSSR count). The first-order chi connectivity index (χ1) is 7.95. The van der Waals surface area contributed by atoms with Crippen LogP contribution in [0.25, 0.3) is 0 Å². The van der Waals surface area contributed by atoms with Crippen LogP contribution >= 0.6 is 31.9 Å². The van der Waals surface area contributed by atoms with Crippen molar-refractivity contribution in [3.05, 3.63) is 33.8 Å². The smallest absolute Gasteiger partial charge is 0.335 e. The highest BCUT2D eigenvalue weighted by Gasteiger charge is 2.19. The van der Waals surface area contributed by atoms with Crippen LogP contribution in [0.1, 0.15) is 28.4 Å². The van der Waals surface area contributed by atoms with Crippen LogP contribution in [0.4, 0.5) is 0 Å². The van der Waals surface area contributed by atoms with E-state index in [2.05, 4.69) is 31.9 Å². The predicted octanol–water partition coefficient (Wildman–Crippen LogP) is 2.33. The molecule has 0 fully saturated rings. The summed E-state index contributed by atoms with van der Waals surface area (Å²) >= 11 is 6.34. The molecule has 0 radical (unpaired) electrons. The Kier molecular flexibility index (Phi) is 5.58. The molecule has 0 spiro atoms. The number of hydrogen-bond donors (Lipinski definition) is 3. The number of benzene rings is 1. The maximum absolute atomic E-state index is 10.9. The van der Waals surface area contributed by atoms with Gasteiger partial charge in [-0.15, -0.1) is 0 Å². The van der Waals surface area contributed by atoms with E-state index in [0.717, 1.165) is 0 Å². The summed E-state index contributed by atoms with van der Waals surface area (Å²) in [6.07, 6.45) is -1.63.